The van der Waals surface area contributed by atoms with Crippen molar-refractivity contribution in [3.8, 4) is 0 Å². The quantitative estimate of drug-likeness (QED) is 0.490. The maximum atomic E-state index is 13.1. The van der Waals surface area contributed by atoms with Crippen LogP contribution in [-0.2, 0) is 10.0 Å². The summed E-state index contributed by atoms with van der Waals surface area (Å²) in [5.74, 6) is 1.34. The van der Waals surface area contributed by atoms with E-state index in [0.29, 0.717) is 28.9 Å². The summed E-state index contributed by atoms with van der Waals surface area (Å²) in [6.07, 6.45) is 4.40. The van der Waals surface area contributed by atoms with Gasteiger partial charge in [0.05, 0.1) is 17.8 Å². The molecule has 140 valence electrons. The minimum atomic E-state index is -3.82. The number of hydrogen-bond acceptors (Lipinski definition) is 8. The molecule has 27 heavy (non-hydrogen) atoms. The molecule has 1 unspecified atom stereocenters. The molecule has 0 spiro atoms. The first-order valence-electron chi connectivity index (χ1n) is 8.12. The lowest BCUT2D eigenvalue weighted by atomic mass is 10.2. The highest BCUT2D eigenvalue weighted by atomic mass is 32.2. The van der Waals surface area contributed by atoms with Crippen LogP contribution in [0.25, 0.3) is 16.7 Å². The fourth-order valence-electron chi connectivity index (χ4n) is 2.82. The van der Waals surface area contributed by atoms with Crippen molar-refractivity contribution >= 4 is 50.2 Å². The molecule has 0 bridgehead atoms. The topological polar surface area (TPSA) is 102 Å². The molecule has 1 atom stereocenters. The molecule has 0 aliphatic carbocycles. The third-order valence-corrected chi connectivity index (χ3v) is 6.79. The van der Waals surface area contributed by atoms with Crippen LogP contribution in [0.3, 0.4) is 0 Å². The molecule has 0 fully saturated rings. The number of hydrogen-bond donors (Lipinski definition) is 1. The minimum Gasteiger partial charge on any atom is -0.285 e. The molecule has 3 heterocycles. The van der Waals surface area contributed by atoms with Crippen LogP contribution in [0.5, 0.6) is 0 Å². The predicted octanol–water partition coefficient (Wildman–Crippen LogP) is 2.51. The zero-order chi connectivity index (χ0) is 18.9. The Bertz CT molecular complexity index is 1190. The first-order valence-corrected chi connectivity index (χ1v) is 11.7. The number of pyridine rings is 1. The van der Waals surface area contributed by atoms with Crippen LogP contribution in [0, 0.1) is 0 Å². The molecule has 0 amide bonds. The van der Waals surface area contributed by atoms with Crippen molar-refractivity contribution in [1.82, 2.24) is 28.1 Å². The van der Waals surface area contributed by atoms with Gasteiger partial charge in [0.1, 0.15) is 15.9 Å². The number of nitrogens with one attached hydrogen (secondary N) is 1. The summed E-state index contributed by atoms with van der Waals surface area (Å²) in [6, 6.07) is 10.0. The third-order valence-electron chi connectivity index (χ3n) is 4.10. The molecule has 11 heteroatoms. The Hall–Kier alpha value is -2.08. The number of thioether (sulfide) groups is 1. The average molecular weight is 421 g/mol. The van der Waals surface area contributed by atoms with E-state index < -0.39 is 16.1 Å². The molecule has 0 saturated carbocycles. The average Bonchev–Trinajstić information content (AvgIpc) is 3.31. The third kappa shape index (κ3) is 3.55. The first kappa shape index (κ1) is 18.3. The van der Waals surface area contributed by atoms with Crippen molar-refractivity contribution in [1.29, 1.82) is 0 Å². The van der Waals surface area contributed by atoms with Gasteiger partial charge in [-0.25, -0.2) is 13.1 Å². The fourth-order valence-corrected chi connectivity index (χ4v) is 5.29. The Labute approximate surface area is 164 Å². The smallest absolute Gasteiger partial charge is 0.243 e. The van der Waals surface area contributed by atoms with Crippen molar-refractivity contribution in [2.24, 2.45) is 0 Å². The van der Waals surface area contributed by atoms with Crippen LogP contribution in [0.2, 0.25) is 0 Å². The van der Waals surface area contributed by atoms with Gasteiger partial charge in [-0.2, -0.15) is 20.5 Å². The lowest BCUT2D eigenvalue weighted by Crippen LogP contribution is -2.30. The second kappa shape index (κ2) is 7.50. The number of nitrogens with zero attached hydrogens (tertiary/aromatic N) is 5. The minimum absolute atomic E-state index is 0.122. The van der Waals surface area contributed by atoms with Gasteiger partial charge in [-0.15, -0.1) is 10.2 Å². The molecule has 0 saturated heterocycles. The summed E-state index contributed by atoms with van der Waals surface area (Å²) in [4.78, 5) is 0.122. The van der Waals surface area contributed by atoms with Crippen LogP contribution in [0.1, 0.15) is 18.3 Å². The predicted molar refractivity (Wildman–Crippen MR) is 106 cm³/mol. The van der Waals surface area contributed by atoms with Gasteiger partial charge >= 0.3 is 0 Å². The molecule has 8 nitrogen and oxygen atoms in total. The monoisotopic (exact) mass is 420 g/mol. The summed E-state index contributed by atoms with van der Waals surface area (Å²) in [7, 11) is -3.82. The Morgan fingerprint density at radius 1 is 1.19 bits per heavy atom. The Morgan fingerprint density at radius 2 is 2.07 bits per heavy atom. The van der Waals surface area contributed by atoms with E-state index in [0.717, 1.165) is 17.5 Å². The highest BCUT2D eigenvalue weighted by Gasteiger charge is 2.27. The van der Waals surface area contributed by atoms with E-state index >= 15 is 0 Å². The normalized spacial score (nSPS) is 13.4. The zero-order valence-electron chi connectivity index (χ0n) is 14.3. The maximum Gasteiger partial charge on any atom is 0.243 e. The van der Waals surface area contributed by atoms with Gasteiger partial charge in [-0.3, -0.25) is 4.40 Å². The second-order valence-corrected chi connectivity index (χ2v) is 9.03. The van der Waals surface area contributed by atoms with E-state index in [1.54, 1.807) is 34.4 Å². The summed E-state index contributed by atoms with van der Waals surface area (Å²) in [6.45, 7) is 0. The number of sulfonamides is 1. The molecule has 0 aliphatic heterocycles. The SMILES string of the molecule is CSCCC(NS(=O)(=O)c1cccc2nsnc12)c1nnc2ccccn12. The van der Waals surface area contributed by atoms with Gasteiger partial charge in [-0.1, -0.05) is 12.1 Å². The Morgan fingerprint density at radius 3 is 2.93 bits per heavy atom. The molecule has 1 N–H and O–H groups in total. The van der Waals surface area contributed by atoms with E-state index in [9.17, 15) is 8.42 Å². The standard InChI is InChI=1S/C16H16N6O2S3/c1-25-10-8-12(16-18-17-14-7-2-3-9-22(14)16)21-27(23,24)13-6-4-5-11-15(13)20-26-19-11/h2-7,9,12,21H,8,10H2,1H3. The molecule has 1 aromatic carbocycles. The van der Waals surface area contributed by atoms with E-state index in [1.807, 2.05) is 30.7 Å². The molecule has 4 aromatic rings. The summed E-state index contributed by atoms with van der Waals surface area (Å²) < 4.78 is 39.1. The van der Waals surface area contributed by atoms with Gasteiger partial charge in [0.2, 0.25) is 10.0 Å². The van der Waals surface area contributed by atoms with Crippen LogP contribution in [-0.4, -0.2) is 43.8 Å². The van der Waals surface area contributed by atoms with Gasteiger partial charge < -0.3 is 0 Å². The maximum absolute atomic E-state index is 13.1. The van der Waals surface area contributed by atoms with Crippen molar-refractivity contribution in [3.63, 3.8) is 0 Å². The Balaban J connectivity index is 1.74. The van der Waals surface area contributed by atoms with Gasteiger partial charge in [0, 0.05) is 6.20 Å². The van der Waals surface area contributed by atoms with Crippen LogP contribution >= 0.6 is 23.5 Å². The van der Waals surface area contributed by atoms with Crippen LogP contribution in [0.15, 0.2) is 47.5 Å². The van der Waals surface area contributed by atoms with Crippen molar-refractivity contribution in [2.75, 3.05) is 12.0 Å². The largest absolute Gasteiger partial charge is 0.285 e. The van der Waals surface area contributed by atoms with Gasteiger partial charge in [-0.05, 0) is 42.7 Å². The first-order chi connectivity index (χ1) is 13.1. The molecular formula is C16H16N6O2S3. The van der Waals surface area contributed by atoms with Crippen LogP contribution < -0.4 is 4.72 Å². The number of aromatic nitrogens is 5. The lowest BCUT2D eigenvalue weighted by Gasteiger charge is -2.17. The number of benzene rings is 1. The highest BCUT2D eigenvalue weighted by molar-refractivity contribution is 7.98. The zero-order valence-corrected chi connectivity index (χ0v) is 16.8. The molecule has 0 aliphatic rings. The van der Waals surface area contributed by atoms with Crippen molar-refractivity contribution in [3.05, 3.63) is 48.4 Å². The van der Waals surface area contributed by atoms with Crippen LogP contribution in [0.4, 0.5) is 0 Å². The van der Waals surface area contributed by atoms with E-state index in [1.165, 1.54) is 0 Å². The van der Waals surface area contributed by atoms with Gasteiger partial charge in [0.25, 0.3) is 0 Å². The highest BCUT2D eigenvalue weighted by Crippen LogP contribution is 2.25. The molecule has 0 radical (unpaired) electrons. The van der Waals surface area contributed by atoms with Gasteiger partial charge in [0.15, 0.2) is 11.5 Å². The summed E-state index contributed by atoms with van der Waals surface area (Å²) >= 11 is 2.64. The molecule has 3 aromatic heterocycles. The fraction of sp³-hybridized carbons (Fsp3) is 0.250. The van der Waals surface area contributed by atoms with Crippen molar-refractivity contribution < 1.29 is 8.42 Å². The summed E-state index contributed by atoms with van der Waals surface area (Å²) in [5.41, 5.74) is 1.62. The second-order valence-electron chi connectivity index (χ2n) is 5.83. The van der Waals surface area contributed by atoms with E-state index in [4.69, 9.17) is 0 Å². The Kier molecular flexibility index (Phi) is 5.08. The number of fused-ring (bicyclic) bond motifs is 2. The van der Waals surface area contributed by atoms with Crippen molar-refractivity contribution in [2.45, 2.75) is 17.4 Å². The summed E-state index contributed by atoms with van der Waals surface area (Å²) in [5, 5.41) is 8.37. The van der Waals surface area contributed by atoms with E-state index in [-0.39, 0.29) is 4.90 Å². The lowest BCUT2D eigenvalue weighted by molar-refractivity contribution is 0.537. The number of rotatable bonds is 7. The molecule has 4 rings (SSSR count). The molecular weight excluding hydrogens is 404 g/mol. The van der Waals surface area contributed by atoms with E-state index in [2.05, 4.69) is 23.7 Å².